The number of benzene rings is 1. The van der Waals surface area contributed by atoms with Gasteiger partial charge in [0.15, 0.2) is 9.58 Å². The van der Waals surface area contributed by atoms with Gasteiger partial charge in [0.2, 0.25) is 0 Å². The van der Waals surface area contributed by atoms with E-state index in [4.69, 9.17) is 0 Å². The number of rotatable bonds is 1. The molecule has 1 aliphatic rings. The minimum absolute atomic E-state index is 0. The summed E-state index contributed by atoms with van der Waals surface area (Å²) in [5.41, 5.74) is -2.53. The van der Waals surface area contributed by atoms with Crippen molar-refractivity contribution in [3.63, 3.8) is 0 Å². The summed E-state index contributed by atoms with van der Waals surface area (Å²) in [6.45, 7) is 1.89. The van der Waals surface area contributed by atoms with E-state index in [2.05, 4.69) is 0 Å². The maximum atomic E-state index is 13.2. The maximum absolute atomic E-state index is 13.2. The fourth-order valence-corrected chi connectivity index (χ4v) is 4.00. The summed E-state index contributed by atoms with van der Waals surface area (Å²) in [4.78, 5) is 0.394. The first kappa shape index (κ1) is 14.2. The summed E-state index contributed by atoms with van der Waals surface area (Å²) >= 11 is 0. The van der Waals surface area contributed by atoms with Gasteiger partial charge in [-0.15, -0.1) is 13.2 Å². The Morgan fingerprint density at radius 1 is 1.11 bits per heavy atom. The number of allylic oxidation sites excluding steroid dienone is 4. The van der Waals surface area contributed by atoms with Crippen molar-refractivity contribution in [3.8, 4) is 0 Å². The van der Waals surface area contributed by atoms with Crippen molar-refractivity contribution in [2.24, 2.45) is 0 Å². The average molecular weight is 303 g/mol. The van der Waals surface area contributed by atoms with Gasteiger partial charge in [0.05, 0.1) is 0 Å². The molecule has 0 amide bonds. The summed E-state index contributed by atoms with van der Waals surface area (Å²) in [7, 11) is -1.80. The van der Waals surface area contributed by atoms with E-state index in [1.54, 1.807) is 36.4 Å². The summed E-state index contributed by atoms with van der Waals surface area (Å²) in [5.74, 6) is 0. The highest BCUT2D eigenvalue weighted by molar-refractivity contribution is 7.39. The van der Waals surface area contributed by atoms with E-state index in [1.165, 1.54) is 0 Å². The Bertz CT molecular complexity index is 693. The lowest BCUT2D eigenvalue weighted by Crippen LogP contribution is -3.00. The zero-order chi connectivity index (χ0) is 12.9. The van der Waals surface area contributed by atoms with Crippen molar-refractivity contribution in [1.82, 2.24) is 0 Å². The van der Waals surface area contributed by atoms with Crippen molar-refractivity contribution < 1.29 is 25.6 Å². The van der Waals surface area contributed by atoms with E-state index in [1.807, 2.05) is 13.0 Å². The molecule has 0 saturated heterocycles. The second-order valence-electron chi connectivity index (χ2n) is 4.28. The van der Waals surface area contributed by atoms with Crippen LogP contribution in [0.4, 0.5) is 13.2 Å². The minimum atomic E-state index is -4.21. The van der Waals surface area contributed by atoms with E-state index in [-0.39, 0.29) is 12.4 Å². The van der Waals surface area contributed by atoms with Gasteiger partial charge in [-0.2, -0.15) is 0 Å². The molecule has 0 N–H and O–H groups in total. The van der Waals surface area contributed by atoms with Gasteiger partial charge in [-0.25, -0.2) is 0 Å². The highest BCUT2D eigenvalue weighted by Crippen LogP contribution is 2.53. The molecule has 0 bridgehead atoms. The molecule has 1 aromatic heterocycles. The zero-order valence-corrected chi connectivity index (χ0v) is 11.5. The molecule has 19 heavy (non-hydrogen) atoms. The predicted octanol–water partition coefficient (Wildman–Crippen LogP) is 2.33. The Labute approximate surface area is 117 Å². The molecule has 1 unspecified atom stereocenters. The zero-order valence-electron chi connectivity index (χ0n) is 9.96. The second kappa shape index (κ2) is 4.69. The standard InChI is InChI=1S/C14H10F3S.ClH/c1-9-5-6-12-11(7-9)8-13(10-3-2-4-10)18(12)14(15,16)17;/h2-8H,1H3;1H/q+1;/p-1. The second-order valence-corrected chi connectivity index (χ2v) is 6.24. The average Bonchev–Trinajstić information content (AvgIpc) is 2.51. The van der Waals surface area contributed by atoms with E-state index in [0.29, 0.717) is 20.5 Å². The van der Waals surface area contributed by atoms with Gasteiger partial charge in [0, 0.05) is 17.0 Å². The summed E-state index contributed by atoms with van der Waals surface area (Å²) in [5, 5.41) is 0.701. The van der Waals surface area contributed by atoms with Gasteiger partial charge in [-0.1, -0.05) is 17.7 Å². The number of halogens is 4. The molecule has 0 spiro atoms. The molecule has 0 aliphatic heterocycles. The molecule has 100 valence electrons. The normalized spacial score (nSPS) is 14.9. The Morgan fingerprint density at radius 2 is 1.79 bits per heavy atom. The largest absolute Gasteiger partial charge is 1.00 e. The number of thiophene rings is 1. The molecule has 1 atom stereocenters. The molecular formula is C14H10ClF3S. The van der Waals surface area contributed by atoms with Crippen molar-refractivity contribution >= 4 is 26.1 Å². The van der Waals surface area contributed by atoms with Crippen molar-refractivity contribution in [2.75, 3.05) is 0 Å². The minimum Gasteiger partial charge on any atom is -1.00 e. The SMILES string of the molecule is Cc1ccc2c(c1)cc(C1=CC=C1)[s+]2C(F)(F)F.[Cl-]. The van der Waals surface area contributed by atoms with Crippen LogP contribution in [0.15, 0.2) is 42.5 Å². The van der Waals surface area contributed by atoms with Crippen LogP contribution in [0.1, 0.15) is 10.4 Å². The van der Waals surface area contributed by atoms with E-state index in [9.17, 15) is 13.2 Å². The molecule has 0 radical (unpaired) electrons. The van der Waals surface area contributed by atoms with E-state index < -0.39 is 16.0 Å². The molecular weight excluding hydrogens is 293 g/mol. The molecule has 1 aliphatic carbocycles. The summed E-state index contributed by atoms with van der Waals surface area (Å²) in [6.07, 6.45) is 5.23. The lowest BCUT2D eigenvalue weighted by atomic mass is 10.1. The lowest BCUT2D eigenvalue weighted by molar-refractivity contribution is -0.0866. The summed E-state index contributed by atoms with van der Waals surface area (Å²) < 4.78 is 40.1. The van der Waals surface area contributed by atoms with Crippen LogP contribution in [0, 0.1) is 6.92 Å². The van der Waals surface area contributed by atoms with Gasteiger partial charge in [0.25, 0.3) is 0 Å². The third-order valence-electron chi connectivity index (χ3n) is 2.96. The topological polar surface area (TPSA) is 0 Å². The fraction of sp³-hybridized carbons (Fsp3) is 0.143. The number of hydrogen-bond acceptors (Lipinski definition) is 0. The van der Waals surface area contributed by atoms with Crippen molar-refractivity contribution in [2.45, 2.75) is 12.4 Å². The molecule has 0 saturated carbocycles. The van der Waals surface area contributed by atoms with E-state index >= 15 is 0 Å². The Balaban J connectivity index is 0.00000133. The molecule has 0 nitrogen and oxygen atoms in total. The predicted molar refractivity (Wildman–Crippen MR) is 69.6 cm³/mol. The van der Waals surface area contributed by atoms with Crippen LogP contribution in [0.5, 0.6) is 0 Å². The first-order valence-corrected chi connectivity index (χ1v) is 6.71. The first-order valence-electron chi connectivity index (χ1n) is 5.49. The molecule has 2 aromatic rings. The van der Waals surface area contributed by atoms with Crippen LogP contribution in [0.25, 0.3) is 15.7 Å². The van der Waals surface area contributed by atoms with Gasteiger partial charge in [-0.3, -0.25) is 0 Å². The van der Waals surface area contributed by atoms with Gasteiger partial charge >= 0.3 is 5.51 Å². The van der Waals surface area contributed by atoms with Gasteiger partial charge in [-0.05, 0) is 31.2 Å². The Hall–Kier alpha value is -1.26. The van der Waals surface area contributed by atoms with Gasteiger partial charge < -0.3 is 12.4 Å². The molecule has 3 rings (SSSR count). The fourth-order valence-electron chi connectivity index (χ4n) is 2.09. The first-order chi connectivity index (χ1) is 8.47. The van der Waals surface area contributed by atoms with Crippen molar-refractivity contribution in [3.05, 3.63) is 52.9 Å². The number of aryl methyl sites for hydroxylation is 1. The maximum Gasteiger partial charge on any atom is 0.601 e. The van der Waals surface area contributed by atoms with Crippen LogP contribution in [-0.2, 0) is 5.51 Å². The summed E-state index contributed by atoms with van der Waals surface area (Å²) in [6, 6.07) is 6.84. The van der Waals surface area contributed by atoms with Gasteiger partial charge in [0.1, 0.15) is 10.5 Å². The Kier molecular flexibility index (Phi) is 3.49. The Morgan fingerprint density at radius 3 is 2.32 bits per heavy atom. The van der Waals surface area contributed by atoms with E-state index in [0.717, 1.165) is 5.56 Å². The quantitative estimate of drug-likeness (QED) is 0.709. The molecule has 5 heteroatoms. The third kappa shape index (κ3) is 2.30. The molecule has 0 fully saturated rings. The number of alkyl halides is 3. The third-order valence-corrected chi connectivity index (χ3v) is 5.03. The van der Waals surface area contributed by atoms with Crippen LogP contribution < -0.4 is 12.4 Å². The van der Waals surface area contributed by atoms with Crippen LogP contribution in [-0.4, -0.2) is 0 Å². The highest BCUT2D eigenvalue weighted by atomic mass is 35.5. The number of hydrogen-bond donors (Lipinski definition) is 0. The van der Waals surface area contributed by atoms with Crippen molar-refractivity contribution in [1.29, 1.82) is 0 Å². The van der Waals surface area contributed by atoms with Crippen LogP contribution >= 0.6 is 10.5 Å². The molecule has 1 aromatic carbocycles. The smallest absolute Gasteiger partial charge is 0.601 e. The number of fused-ring (bicyclic) bond motifs is 1. The van der Waals surface area contributed by atoms with Crippen LogP contribution in [0.3, 0.4) is 0 Å². The van der Waals surface area contributed by atoms with Crippen LogP contribution in [0.2, 0.25) is 0 Å². The highest BCUT2D eigenvalue weighted by Gasteiger charge is 2.48. The monoisotopic (exact) mass is 302 g/mol. The lowest BCUT2D eigenvalue weighted by Gasteiger charge is -2.04. The molecule has 1 heterocycles.